The molecule has 1 aliphatic carbocycles. The summed E-state index contributed by atoms with van der Waals surface area (Å²) in [7, 11) is 0. The molecule has 0 N–H and O–H groups in total. The Bertz CT molecular complexity index is 453. The van der Waals surface area contributed by atoms with Crippen LogP contribution in [-0.2, 0) is 6.54 Å². The second kappa shape index (κ2) is 5.01. The molecule has 2 rings (SSSR count). The van der Waals surface area contributed by atoms with Crippen molar-refractivity contribution in [3.8, 4) is 6.01 Å². The molecule has 0 bridgehead atoms. The molecule has 0 saturated carbocycles. The van der Waals surface area contributed by atoms with Gasteiger partial charge in [-0.1, -0.05) is 17.7 Å². The Labute approximate surface area is 107 Å². The molecule has 0 fully saturated rings. The van der Waals surface area contributed by atoms with Gasteiger partial charge in [0.2, 0.25) is 4.73 Å². The fraction of sp³-hybridized carbons (Fsp3) is 0.400. The summed E-state index contributed by atoms with van der Waals surface area (Å²) in [6.45, 7) is 2.68. The van der Waals surface area contributed by atoms with Gasteiger partial charge in [-0.05, 0) is 35.4 Å². The molecule has 0 aliphatic heterocycles. The molecule has 0 atom stereocenters. The first kappa shape index (κ1) is 11.7. The topological polar surface area (TPSA) is 39.9 Å². The second-order valence-electron chi connectivity index (χ2n) is 3.29. The Morgan fingerprint density at radius 2 is 2.44 bits per heavy atom. The molecule has 0 aromatic carbocycles. The summed E-state index contributed by atoms with van der Waals surface area (Å²) in [6.07, 6.45) is 5.61. The van der Waals surface area contributed by atoms with Crippen LogP contribution in [0.1, 0.15) is 19.8 Å². The van der Waals surface area contributed by atoms with Crippen molar-refractivity contribution in [3.63, 3.8) is 0 Å². The summed E-state index contributed by atoms with van der Waals surface area (Å²) < 4.78 is 7.87. The van der Waals surface area contributed by atoms with E-state index < -0.39 is 0 Å². The van der Waals surface area contributed by atoms with Crippen LogP contribution in [0.15, 0.2) is 27.7 Å². The van der Waals surface area contributed by atoms with E-state index in [4.69, 9.17) is 16.3 Å². The minimum absolute atomic E-state index is 0.470. The van der Waals surface area contributed by atoms with Crippen LogP contribution in [0.25, 0.3) is 0 Å². The fourth-order valence-electron chi connectivity index (χ4n) is 1.41. The predicted octanol–water partition coefficient (Wildman–Crippen LogP) is 3.24. The number of hydrogen-bond donors (Lipinski definition) is 0. The SMILES string of the molecule is CCn1nc(Br)nc1OC1=C(Cl)C=CCC1. The molecule has 4 nitrogen and oxygen atoms in total. The number of hydrogen-bond acceptors (Lipinski definition) is 3. The van der Waals surface area contributed by atoms with Crippen LogP contribution in [0.2, 0.25) is 0 Å². The number of halogens is 2. The Hall–Kier alpha value is -0.810. The van der Waals surface area contributed by atoms with Crippen molar-refractivity contribution in [1.82, 2.24) is 14.8 Å². The van der Waals surface area contributed by atoms with Gasteiger partial charge in [-0.15, -0.1) is 5.10 Å². The molecule has 16 heavy (non-hydrogen) atoms. The van der Waals surface area contributed by atoms with Gasteiger partial charge in [0, 0.05) is 13.0 Å². The average molecular weight is 305 g/mol. The normalized spacial score (nSPS) is 15.7. The third-order valence-electron chi connectivity index (χ3n) is 2.19. The first-order valence-corrected chi connectivity index (χ1v) is 6.21. The van der Waals surface area contributed by atoms with Crippen molar-refractivity contribution in [3.05, 3.63) is 27.7 Å². The van der Waals surface area contributed by atoms with E-state index in [2.05, 4.69) is 26.0 Å². The summed E-state index contributed by atoms with van der Waals surface area (Å²) in [5.41, 5.74) is 0. The highest BCUT2D eigenvalue weighted by molar-refractivity contribution is 9.10. The highest BCUT2D eigenvalue weighted by atomic mass is 79.9. The van der Waals surface area contributed by atoms with Gasteiger partial charge >= 0.3 is 6.01 Å². The standard InChI is InChI=1S/C10H11BrClN3O/c1-2-15-10(13-9(11)14-15)16-8-6-4-3-5-7(8)12/h3,5H,2,4,6H2,1H3. The van der Waals surface area contributed by atoms with Gasteiger partial charge in [0.05, 0.1) is 5.03 Å². The molecule has 0 saturated heterocycles. The van der Waals surface area contributed by atoms with Crippen LogP contribution in [0, 0.1) is 0 Å². The van der Waals surface area contributed by atoms with Crippen LogP contribution in [0.5, 0.6) is 6.01 Å². The van der Waals surface area contributed by atoms with E-state index >= 15 is 0 Å². The van der Waals surface area contributed by atoms with Crippen LogP contribution in [0.3, 0.4) is 0 Å². The minimum Gasteiger partial charge on any atom is -0.427 e. The first-order chi connectivity index (χ1) is 7.70. The van der Waals surface area contributed by atoms with Crippen molar-refractivity contribution in [1.29, 1.82) is 0 Å². The summed E-state index contributed by atoms with van der Waals surface area (Å²) in [5, 5.41) is 4.77. The van der Waals surface area contributed by atoms with Gasteiger partial charge < -0.3 is 4.74 Å². The van der Waals surface area contributed by atoms with Gasteiger partial charge in [-0.25, -0.2) is 4.68 Å². The van der Waals surface area contributed by atoms with Crippen molar-refractivity contribution >= 4 is 27.5 Å². The molecule has 86 valence electrons. The second-order valence-corrected chi connectivity index (χ2v) is 4.41. The average Bonchev–Trinajstić information content (AvgIpc) is 2.62. The molecule has 0 unspecified atom stereocenters. The lowest BCUT2D eigenvalue weighted by Gasteiger charge is -2.12. The minimum atomic E-state index is 0.470. The van der Waals surface area contributed by atoms with Crippen molar-refractivity contribution in [2.45, 2.75) is 26.3 Å². The molecule has 6 heteroatoms. The van der Waals surface area contributed by atoms with Crippen LogP contribution < -0.4 is 4.74 Å². The smallest absolute Gasteiger partial charge is 0.321 e. The van der Waals surface area contributed by atoms with Gasteiger partial charge in [0.1, 0.15) is 5.76 Å². The van der Waals surface area contributed by atoms with Crippen LogP contribution in [0.4, 0.5) is 0 Å². The van der Waals surface area contributed by atoms with Gasteiger partial charge in [-0.3, -0.25) is 0 Å². The zero-order valence-corrected chi connectivity index (χ0v) is 11.1. The number of ether oxygens (including phenoxy) is 1. The monoisotopic (exact) mass is 303 g/mol. The highest BCUT2D eigenvalue weighted by Gasteiger charge is 2.14. The lowest BCUT2D eigenvalue weighted by atomic mass is 10.2. The summed E-state index contributed by atoms with van der Waals surface area (Å²) in [6, 6.07) is 0.470. The fourth-order valence-corrected chi connectivity index (χ4v) is 1.97. The zero-order chi connectivity index (χ0) is 11.5. The number of allylic oxidation sites excluding steroid dienone is 4. The zero-order valence-electron chi connectivity index (χ0n) is 8.78. The molecular weight excluding hydrogens is 293 g/mol. The van der Waals surface area contributed by atoms with Crippen LogP contribution >= 0.6 is 27.5 Å². The van der Waals surface area contributed by atoms with Crippen molar-refractivity contribution in [2.75, 3.05) is 0 Å². The van der Waals surface area contributed by atoms with E-state index in [0.717, 1.165) is 18.6 Å². The molecule has 1 aliphatic rings. The lowest BCUT2D eigenvalue weighted by molar-refractivity contribution is 0.343. The third kappa shape index (κ3) is 2.47. The molecule has 1 aromatic heterocycles. The highest BCUT2D eigenvalue weighted by Crippen LogP contribution is 2.25. The maximum Gasteiger partial charge on any atom is 0.321 e. The van der Waals surface area contributed by atoms with Crippen molar-refractivity contribution < 1.29 is 4.74 Å². The van der Waals surface area contributed by atoms with Crippen LogP contribution in [-0.4, -0.2) is 14.8 Å². The lowest BCUT2D eigenvalue weighted by Crippen LogP contribution is -2.06. The summed E-state index contributed by atoms with van der Waals surface area (Å²) in [4.78, 5) is 4.14. The maximum atomic E-state index is 6.03. The molecule has 1 aromatic rings. The molecule has 1 heterocycles. The molecule has 0 amide bonds. The number of nitrogens with zero attached hydrogens (tertiary/aromatic N) is 3. The number of rotatable bonds is 3. The number of aryl methyl sites for hydroxylation is 1. The summed E-state index contributed by atoms with van der Waals surface area (Å²) >= 11 is 9.25. The van der Waals surface area contributed by atoms with Gasteiger partial charge in [0.25, 0.3) is 0 Å². The van der Waals surface area contributed by atoms with Gasteiger partial charge in [-0.2, -0.15) is 4.98 Å². The van der Waals surface area contributed by atoms with E-state index in [1.807, 2.05) is 19.1 Å². The Morgan fingerprint density at radius 3 is 3.12 bits per heavy atom. The van der Waals surface area contributed by atoms with Gasteiger partial charge in [0.15, 0.2) is 0 Å². The Kier molecular flexibility index (Phi) is 3.66. The van der Waals surface area contributed by atoms with E-state index in [0.29, 0.717) is 22.3 Å². The quantitative estimate of drug-likeness (QED) is 0.860. The third-order valence-corrected chi connectivity index (χ3v) is 2.87. The maximum absolute atomic E-state index is 6.03. The molecule has 0 spiro atoms. The molecule has 0 radical (unpaired) electrons. The Morgan fingerprint density at radius 1 is 1.62 bits per heavy atom. The largest absolute Gasteiger partial charge is 0.427 e. The Balaban J connectivity index is 2.23. The van der Waals surface area contributed by atoms with E-state index in [-0.39, 0.29) is 0 Å². The van der Waals surface area contributed by atoms with E-state index in [1.165, 1.54) is 0 Å². The predicted molar refractivity (Wildman–Crippen MR) is 65.3 cm³/mol. The van der Waals surface area contributed by atoms with E-state index in [1.54, 1.807) is 4.68 Å². The summed E-state index contributed by atoms with van der Waals surface area (Å²) in [5.74, 6) is 0.749. The van der Waals surface area contributed by atoms with E-state index in [9.17, 15) is 0 Å². The molecular formula is C10H11BrClN3O. The number of aromatic nitrogens is 3. The first-order valence-electron chi connectivity index (χ1n) is 5.04. The van der Waals surface area contributed by atoms with Crippen molar-refractivity contribution in [2.24, 2.45) is 0 Å².